The van der Waals surface area contributed by atoms with Gasteiger partial charge in [0.15, 0.2) is 0 Å². The number of aryl methyl sites for hydroxylation is 1. The number of nitrogens with zero attached hydrogens (tertiary/aromatic N) is 2. The molecule has 0 bridgehead atoms. The standard InChI is InChI=1S/C19H22N2O/c1-16-10-11-20-19(13-16)15-21(12-6-7-17(2)22)14-18-8-4-3-5-9-18/h3-13,22H,14-15H2,1-2H3. The van der Waals surface area contributed by atoms with E-state index in [1.54, 1.807) is 13.0 Å². The Morgan fingerprint density at radius 2 is 1.95 bits per heavy atom. The van der Waals surface area contributed by atoms with Crippen molar-refractivity contribution in [1.82, 2.24) is 9.88 Å². The Bertz CT molecular complexity index is 643. The number of allylic oxidation sites excluding steroid dienone is 3. The molecule has 1 aromatic carbocycles. The molecule has 0 aliphatic heterocycles. The van der Waals surface area contributed by atoms with Crippen LogP contribution in [-0.4, -0.2) is 15.0 Å². The number of rotatable bonds is 6. The molecule has 1 heterocycles. The summed E-state index contributed by atoms with van der Waals surface area (Å²) >= 11 is 0. The lowest BCUT2D eigenvalue weighted by atomic mass is 10.2. The average molecular weight is 294 g/mol. The predicted molar refractivity (Wildman–Crippen MR) is 90.2 cm³/mol. The molecule has 1 aromatic heterocycles. The van der Waals surface area contributed by atoms with E-state index in [4.69, 9.17) is 0 Å². The Morgan fingerprint density at radius 3 is 2.64 bits per heavy atom. The normalized spacial score (nSPS) is 11.8. The minimum atomic E-state index is 0.296. The van der Waals surface area contributed by atoms with Gasteiger partial charge < -0.3 is 10.0 Å². The first-order chi connectivity index (χ1) is 10.6. The zero-order chi connectivity index (χ0) is 15.8. The third-order valence-electron chi connectivity index (χ3n) is 3.20. The van der Waals surface area contributed by atoms with Crippen molar-refractivity contribution in [3.05, 3.63) is 89.6 Å². The van der Waals surface area contributed by atoms with Gasteiger partial charge in [-0.1, -0.05) is 30.3 Å². The highest BCUT2D eigenvalue weighted by Gasteiger charge is 2.04. The van der Waals surface area contributed by atoms with Crippen LogP contribution in [0.25, 0.3) is 0 Å². The van der Waals surface area contributed by atoms with Gasteiger partial charge in [0.1, 0.15) is 0 Å². The first kappa shape index (κ1) is 15.8. The van der Waals surface area contributed by atoms with Crippen molar-refractivity contribution in [2.45, 2.75) is 26.9 Å². The van der Waals surface area contributed by atoms with Gasteiger partial charge in [-0.3, -0.25) is 4.98 Å². The van der Waals surface area contributed by atoms with Crippen molar-refractivity contribution in [1.29, 1.82) is 0 Å². The third kappa shape index (κ3) is 5.44. The van der Waals surface area contributed by atoms with Crippen LogP contribution in [0.1, 0.15) is 23.7 Å². The van der Waals surface area contributed by atoms with E-state index >= 15 is 0 Å². The second-order valence-electron chi connectivity index (χ2n) is 5.36. The van der Waals surface area contributed by atoms with Crippen LogP contribution >= 0.6 is 0 Å². The zero-order valence-electron chi connectivity index (χ0n) is 13.1. The lowest BCUT2D eigenvalue weighted by molar-refractivity contribution is 0.357. The van der Waals surface area contributed by atoms with Crippen LogP contribution in [-0.2, 0) is 13.1 Å². The first-order valence-electron chi connectivity index (χ1n) is 7.37. The maximum absolute atomic E-state index is 9.26. The Labute approximate surface area is 132 Å². The Balaban J connectivity index is 2.13. The van der Waals surface area contributed by atoms with Gasteiger partial charge >= 0.3 is 0 Å². The molecule has 3 nitrogen and oxygen atoms in total. The van der Waals surface area contributed by atoms with Crippen LogP contribution in [0, 0.1) is 6.92 Å². The summed E-state index contributed by atoms with van der Waals surface area (Å²) < 4.78 is 0. The van der Waals surface area contributed by atoms with Crippen molar-refractivity contribution < 1.29 is 5.11 Å². The van der Waals surface area contributed by atoms with Gasteiger partial charge in [-0.25, -0.2) is 0 Å². The van der Waals surface area contributed by atoms with Gasteiger partial charge in [0.25, 0.3) is 0 Å². The number of hydrogen-bond acceptors (Lipinski definition) is 3. The lowest BCUT2D eigenvalue weighted by Gasteiger charge is -2.20. The number of aliphatic hydroxyl groups excluding tert-OH is 1. The molecule has 0 aliphatic carbocycles. The second-order valence-corrected chi connectivity index (χ2v) is 5.36. The van der Waals surface area contributed by atoms with Gasteiger partial charge in [0.2, 0.25) is 0 Å². The number of hydrogen-bond donors (Lipinski definition) is 1. The summed E-state index contributed by atoms with van der Waals surface area (Å²) in [6, 6.07) is 14.4. The molecule has 0 aliphatic rings. The average Bonchev–Trinajstić information content (AvgIpc) is 2.48. The molecule has 1 N–H and O–H groups in total. The quantitative estimate of drug-likeness (QED) is 0.635. The Morgan fingerprint density at radius 1 is 1.18 bits per heavy atom. The number of aliphatic hydroxyl groups is 1. The van der Waals surface area contributed by atoms with Crippen LogP contribution in [0.3, 0.4) is 0 Å². The second kappa shape index (κ2) is 8.03. The van der Waals surface area contributed by atoms with E-state index < -0.39 is 0 Å². The molecule has 0 unspecified atom stereocenters. The molecule has 0 atom stereocenters. The van der Waals surface area contributed by atoms with Gasteiger partial charge in [0.05, 0.1) is 18.0 Å². The van der Waals surface area contributed by atoms with Crippen LogP contribution < -0.4 is 0 Å². The van der Waals surface area contributed by atoms with Crippen LogP contribution in [0.4, 0.5) is 0 Å². The molecular weight excluding hydrogens is 272 g/mol. The van der Waals surface area contributed by atoms with E-state index in [1.165, 1.54) is 11.1 Å². The lowest BCUT2D eigenvalue weighted by Crippen LogP contribution is -2.17. The van der Waals surface area contributed by atoms with Crippen molar-refractivity contribution in [3.8, 4) is 0 Å². The molecule has 0 saturated heterocycles. The molecule has 0 spiro atoms. The van der Waals surface area contributed by atoms with Crippen LogP contribution in [0.15, 0.2) is 72.8 Å². The summed E-state index contributed by atoms with van der Waals surface area (Å²) in [5, 5.41) is 9.26. The molecule has 22 heavy (non-hydrogen) atoms. The minimum absolute atomic E-state index is 0.296. The molecule has 0 fully saturated rings. The van der Waals surface area contributed by atoms with E-state index in [2.05, 4.69) is 35.0 Å². The predicted octanol–water partition coefficient (Wildman–Crippen LogP) is 4.37. The van der Waals surface area contributed by atoms with E-state index in [9.17, 15) is 5.11 Å². The number of pyridine rings is 1. The van der Waals surface area contributed by atoms with Gasteiger partial charge in [-0.2, -0.15) is 0 Å². The summed E-state index contributed by atoms with van der Waals surface area (Å²) in [6.45, 7) is 5.26. The maximum atomic E-state index is 9.26. The van der Waals surface area contributed by atoms with Crippen molar-refractivity contribution in [2.75, 3.05) is 0 Å². The van der Waals surface area contributed by atoms with Crippen molar-refractivity contribution in [2.24, 2.45) is 0 Å². The minimum Gasteiger partial charge on any atom is -0.513 e. The molecule has 3 heteroatoms. The first-order valence-corrected chi connectivity index (χ1v) is 7.37. The molecule has 0 saturated carbocycles. The largest absolute Gasteiger partial charge is 0.513 e. The Hall–Kier alpha value is -2.55. The number of benzene rings is 1. The van der Waals surface area contributed by atoms with E-state index in [0.29, 0.717) is 5.76 Å². The van der Waals surface area contributed by atoms with Gasteiger partial charge in [-0.15, -0.1) is 0 Å². The topological polar surface area (TPSA) is 36.4 Å². The summed E-state index contributed by atoms with van der Waals surface area (Å²) in [7, 11) is 0. The molecule has 2 rings (SSSR count). The fraction of sp³-hybridized carbons (Fsp3) is 0.211. The molecule has 0 amide bonds. The maximum Gasteiger partial charge on any atom is 0.0892 e. The highest BCUT2D eigenvalue weighted by atomic mass is 16.3. The van der Waals surface area contributed by atoms with E-state index in [-0.39, 0.29) is 0 Å². The molecule has 2 aromatic rings. The smallest absolute Gasteiger partial charge is 0.0892 e. The van der Waals surface area contributed by atoms with Crippen LogP contribution in [0.2, 0.25) is 0 Å². The zero-order valence-corrected chi connectivity index (χ0v) is 13.1. The summed E-state index contributed by atoms with van der Waals surface area (Å²) in [5.74, 6) is 0.296. The molecule has 114 valence electrons. The molecular formula is C19H22N2O. The van der Waals surface area contributed by atoms with Crippen molar-refractivity contribution in [3.63, 3.8) is 0 Å². The van der Waals surface area contributed by atoms with Gasteiger partial charge in [-0.05, 0) is 55.5 Å². The number of aromatic nitrogens is 1. The van der Waals surface area contributed by atoms with Crippen LogP contribution in [0.5, 0.6) is 0 Å². The summed E-state index contributed by atoms with van der Waals surface area (Å²) in [5.41, 5.74) is 3.48. The van der Waals surface area contributed by atoms with Crippen molar-refractivity contribution >= 4 is 0 Å². The highest BCUT2D eigenvalue weighted by Crippen LogP contribution is 2.10. The monoisotopic (exact) mass is 294 g/mol. The summed E-state index contributed by atoms with van der Waals surface area (Å²) in [4.78, 5) is 6.60. The van der Waals surface area contributed by atoms with Gasteiger partial charge in [0, 0.05) is 12.7 Å². The fourth-order valence-electron chi connectivity index (χ4n) is 2.18. The third-order valence-corrected chi connectivity index (χ3v) is 3.20. The summed E-state index contributed by atoms with van der Waals surface area (Å²) in [6.07, 6.45) is 7.36. The highest BCUT2D eigenvalue weighted by molar-refractivity contribution is 5.18. The van der Waals surface area contributed by atoms with E-state index in [0.717, 1.165) is 18.8 Å². The molecule has 0 radical (unpaired) electrons. The fourth-order valence-corrected chi connectivity index (χ4v) is 2.18. The Kier molecular flexibility index (Phi) is 5.78. The van der Waals surface area contributed by atoms with E-state index in [1.807, 2.05) is 42.7 Å². The SMILES string of the molecule is CC(O)=CC=CN(Cc1ccccc1)Cc1cc(C)ccn1.